The number of amides is 1. The maximum atomic E-state index is 12.6. The minimum absolute atomic E-state index is 0.0207. The Morgan fingerprint density at radius 1 is 1.25 bits per heavy atom. The lowest BCUT2D eigenvalue weighted by Gasteiger charge is -2.44. The third-order valence-corrected chi connectivity index (χ3v) is 4.26. The maximum Gasteiger partial charge on any atom is 0.411 e. The van der Waals surface area contributed by atoms with Crippen molar-refractivity contribution in [2.24, 2.45) is 0 Å². The minimum Gasteiger partial charge on any atom is -0.444 e. The van der Waals surface area contributed by atoms with Crippen LogP contribution in [-0.2, 0) is 9.47 Å². The average Bonchev–Trinajstić information content (AvgIpc) is 2.42. The summed E-state index contributed by atoms with van der Waals surface area (Å²) in [6.45, 7) is 10.8. The van der Waals surface area contributed by atoms with Crippen molar-refractivity contribution in [2.75, 3.05) is 13.2 Å². The summed E-state index contributed by atoms with van der Waals surface area (Å²) in [5.74, 6) is 0. The molecule has 5 nitrogen and oxygen atoms in total. The molecule has 0 saturated carbocycles. The number of nitrogens with zero attached hydrogens (tertiary/aromatic N) is 2. The molecule has 1 aromatic heterocycles. The van der Waals surface area contributed by atoms with Crippen molar-refractivity contribution in [3.05, 3.63) is 35.2 Å². The van der Waals surface area contributed by atoms with Crippen molar-refractivity contribution in [3.8, 4) is 0 Å². The highest BCUT2D eigenvalue weighted by Gasteiger charge is 2.40. The van der Waals surface area contributed by atoms with Gasteiger partial charge in [0, 0.05) is 11.4 Å². The van der Waals surface area contributed by atoms with Crippen LogP contribution in [0.25, 0.3) is 5.57 Å². The van der Waals surface area contributed by atoms with E-state index >= 15 is 0 Å². The van der Waals surface area contributed by atoms with Crippen LogP contribution in [0.2, 0.25) is 0 Å². The Labute approximate surface area is 143 Å². The summed E-state index contributed by atoms with van der Waals surface area (Å²) in [5.41, 5.74) is 4.00. The van der Waals surface area contributed by atoms with Gasteiger partial charge in [0.15, 0.2) is 0 Å². The molecule has 2 bridgehead atoms. The van der Waals surface area contributed by atoms with E-state index in [1.54, 1.807) is 0 Å². The molecule has 0 aromatic carbocycles. The van der Waals surface area contributed by atoms with Gasteiger partial charge >= 0.3 is 6.09 Å². The van der Waals surface area contributed by atoms with Gasteiger partial charge in [0.1, 0.15) is 5.60 Å². The van der Waals surface area contributed by atoms with Gasteiger partial charge in [0.05, 0.1) is 25.3 Å². The van der Waals surface area contributed by atoms with E-state index in [0.29, 0.717) is 13.2 Å². The third-order valence-electron chi connectivity index (χ3n) is 4.26. The summed E-state index contributed by atoms with van der Waals surface area (Å²) >= 11 is 0. The molecule has 0 N–H and O–H groups in total. The maximum absolute atomic E-state index is 12.6. The van der Waals surface area contributed by atoms with Gasteiger partial charge in [-0.1, -0.05) is 6.08 Å². The molecule has 2 aliphatic heterocycles. The number of ether oxygens (including phenoxy) is 2. The van der Waals surface area contributed by atoms with Crippen LogP contribution in [-0.4, -0.2) is 46.9 Å². The zero-order valence-electron chi connectivity index (χ0n) is 15.1. The van der Waals surface area contributed by atoms with Crippen LogP contribution < -0.4 is 0 Å². The smallest absolute Gasteiger partial charge is 0.411 e. The Kier molecular flexibility index (Phi) is 4.38. The zero-order valence-corrected chi connectivity index (χ0v) is 15.1. The first-order valence-electron chi connectivity index (χ1n) is 8.48. The molecule has 3 rings (SSSR count). The van der Waals surface area contributed by atoms with Crippen LogP contribution in [0.15, 0.2) is 18.2 Å². The van der Waals surface area contributed by atoms with Crippen molar-refractivity contribution in [1.29, 1.82) is 0 Å². The zero-order chi connectivity index (χ0) is 17.5. The van der Waals surface area contributed by atoms with Crippen molar-refractivity contribution in [2.45, 2.75) is 58.7 Å². The monoisotopic (exact) mass is 330 g/mol. The molecule has 2 atom stereocenters. The summed E-state index contributed by atoms with van der Waals surface area (Å²) in [6.07, 6.45) is 2.67. The minimum atomic E-state index is -0.491. The van der Waals surface area contributed by atoms with Crippen LogP contribution >= 0.6 is 0 Å². The molecule has 1 amide bonds. The number of aryl methyl sites for hydroxylation is 2. The van der Waals surface area contributed by atoms with Crippen molar-refractivity contribution in [1.82, 2.24) is 9.88 Å². The van der Waals surface area contributed by atoms with Crippen molar-refractivity contribution in [3.63, 3.8) is 0 Å². The topological polar surface area (TPSA) is 51.7 Å². The molecule has 3 heterocycles. The predicted molar refractivity (Wildman–Crippen MR) is 92.8 cm³/mol. The van der Waals surface area contributed by atoms with Crippen LogP contribution in [0.4, 0.5) is 4.79 Å². The fourth-order valence-corrected chi connectivity index (χ4v) is 3.43. The quantitative estimate of drug-likeness (QED) is 0.791. The largest absolute Gasteiger partial charge is 0.444 e. The lowest BCUT2D eigenvalue weighted by Crippen LogP contribution is -2.57. The number of hydrogen-bond donors (Lipinski definition) is 0. The van der Waals surface area contributed by atoms with Crippen molar-refractivity contribution >= 4 is 11.7 Å². The number of carbonyl (C=O) groups is 1. The summed E-state index contributed by atoms with van der Waals surface area (Å²) < 4.78 is 11.3. The second-order valence-electron chi connectivity index (χ2n) is 7.68. The Morgan fingerprint density at radius 3 is 2.50 bits per heavy atom. The normalized spacial score (nSPS) is 23.7. The third kappa shape index (κ3) is 3.61. The number of aromatic nitrogens is 1. The van der Waals surface area contributed by atoms with E-state index in [1.807, 2.05) is 39.5 Å². The Balaban J connectivity index is 1.88. The fraction of sp³-hybridized carbons (Fsp3) is 0.579. The van der Waals surface area contributed by atoms with Gasteiger partial charge in [0.2, 0.25) is 0 Å². The summed E-state index contributed by atoms with van der Waals surface area (Å²) in [4.78, 5) is 18.9. The average molecular weight is 330 g/mol. The Morgan fingerprint density at radius 2 is 1.92 bits per heavy atom. The highest BCUT2D eigenvalue weighted by atomic mass is 16.6. The molecule has 5 heteroatoms. The summed E-state index contributed by atoms with van der Waals surface area (Å²) in [6, 6.07) is 4.17. The highest BCUT2D eigenvalue weighted by molar-refractivity contribution is 5.75. The number of rotatable bonds is 1. The highest BCUT2D eigenvalue weighted by Crippen LogP contribution is 2.33. The van der Waals surface area contributed by atoms with Crippen LogP contribution in [0.5, 0.6) is 0 Å². The molecule has 0 spiro atoms. The summed E-state index contributed by atoms with van der Waals surface area (Å²) in [5, 5.41) is 0. The molecule has 0 aliphatic carbocycles. The molecule has 0 radical (unpaired) electrons. The second kappa shape index (κ2) is 6.20. The van der Waals surface area contributed by atoms with Gasteiger partial charge in [-0.2, -0.15) is 0 Å². The number of carbonyl (C=O) groups excluding carboxylic acids is 1. The fourth-order valence-electron chi connectivity index (χ4n) is 3.43. The first-order valence-corrected chi connectivity index (χ1v) is 8.48. The van der Waals surface area contributed by atoms with Gasteiger partial charge in [-0.15, -0.1) is 0 Å². The van der Waals surface area contributed by atoms with E-state index in [0.717, 1.165) is 17.8 Å². The Bertz CT molecular complexity index is 655. The lowest BCUT2D eigenvalue weighted by atomic mass is 9.90. The number of pyridine rings is 1. The van der Waals surface area contributed by atoms with E-state index in [2.05, 4.69) is 23.2 Å². The molecular weight excluding hydrogens is 304 g/mol. The van der Waals surface area contributed by atoms with Gasteiger partial charge in [-0.3, -0.25) is 9.88 Å². The van der Waals surface area contributed by atoms with E-state index in [-0.39, 0.29) is 18.2 Å². The summed E-state index contributed by atoms with van der Waals surface area (Å²) in [7, 11) is 0. The lowest BCUT2D eigenvalue weighted by molar-refractivity contribution is -0.0510. The van der Waals surface area contributed by atoms with E-state index in [1.165, 1.54) is 11.1 Å². The molecule has 1 aromatic rings. The van der Waals surface area contributed by atoms with Crippen LogP contribution in [0.3, 0.4) is 0 Å². The van der Waals surface area contributed by atoms with Crippen LogP contribution in [0.1, 0.15) is 44.1 Å². The van der Waals surface area contributed by atoms with E-state index < -0.39 is 5.60 Å². The van der Waals surface area contributed by atoms with Gasteiger partial charge in [-0.05, 0) is 64.3 Å². The molecule has 1 saturated heterocycles. The molecule has 2 unspecified atom stereocenters. The van der Waals surface area contributed by atoms with E-state index in [4.69, 9.17) is 9.47 Å². The molecule has 2 aliphatic rings. The second-order valence-corrected chi connectivity index (χ2v) is 7.68. The van der Waals surface area contributed by atoms with Gasteiger partial charge < -0.3 is 9.47 Å². The predicted octanol–water partition coefficient (Wildman–Crippen LogP) is 3.49. The molecule has 24 heavy (non-hydrogen) atoms. The molecule has 1 fully saturated rings. The number of morpholine rings is 1. The molecular formula is C19H26N2O3. The SMILES string of the molecule is Cc1cc(C2=CC3COCC(C2)N3C(=O)OC(C)(C)C)cc(C)n1. The molecule has 130 valence electrons. The standard InChI is InChI=1S/C19H26N2O3/c1-12-6-14(7-13(2)20-12)15-8-16-10-23-11-17(9-15)21(16)18(22)24-19(3,4)5/h6-8,16-17H,9-11H2,1-5H3. The Hall–Kier alpha value is -1.88. The number of fused-ring (bicyclic) bond motifs is 2. The first kappa shape index (κ1) is 17.0. The first-order chi connectivity index (χ1) is 11.2. The number of hydrogen-bond acceptors (Lipinski definition) is 4. The van der Waals surface area contributed by atoms with Crippen LogP contribution in [0, 0.1) is 13.8 Å². The van der Waals surface area contributed by atoms with Gasteiger partial charge in [-0.25, -0.2) is 4.79 Å². The van der Waals surface area contributed by atoms with E-state index in [9.17, 15) is 4.79 Å². The van der Waals surface area contributed by atoms with Crippen molar-refractivity contribution < 1.29 is 14.3 Å². The van der Waals surface area contributed by atoms with Gasteiger partial charge in [0.25, 0.3) is 0 Å².